The van der Waals surface area contributed by atoms with E-state index in [9.17, 15) is 4.79 Å². The number of anilines is 2. The van der Waals surface area contributed by atoms with Gasteiger partial charge in [0.25, 0.3) is 5.91 Å². The lowest BCUT2D eigenvalue weighted by Crippen LogP contribution is -2.14. The molecule has 1 amide bonds. The molecule has 0 bridgehead atoms. The minimum absolute atomic E-state index is 0.307. The Balaban J connectivity index is 2.28. The van der Waals surface area contributed by atoms with Gasteiger partial charge in [-0.1, -0.05) is 23.2 Å². The molecule has 0 fully saturated rings. The molecule has 0 spiro atoms. The highest BCUT2D eigenvalue weighted by Gasteiger charge is 2.11. The molecule has 0 atom stereocenters. The third-order valence-corrected chi connectivity index (χ3v) is 3.13. The normalized spacial score (nSPS) is 9.85. The van der Waals surface area contributed by atoms with Crippen LogP contribution in [0.3, 0.4) is 0 Å². The van der Waals surface area contributed by atoms with Crippen molar-refractivity contribution in [1.29, 1.82) is 5.26 Å². The van der Waals surface area contributed by atoms with E-state index in [2.05, 4.69) is 5.32 Å². The van der Waals surface area contributed by atoms with Crippen LogP contribution >= 0.6 is 11.6 Å². The standard InChI is InChI=1S/C15H12ClN3O/c1-9-2-5-14(18)12(6-9)15(20)19-11-3-4-13(16)10(7-11)8-17/h2-7H,18H2,1H3,(H,19,20). The van der Waals surface area contributed by atoms with Gasteiger partial charge >= 0.3 is 0 Å². The Bertz CT molecular complexity index is 720. The van der Waals surface area contributed by atoms with Crippen molar-refractivity contribution in [3.05, 3.63) is 58.1 Å². The highest BCUT2D eigenvalue weighted by molar-refractivity contribution is 6.31. The summed E-state index contributed by atoms with van der Waals surface area (Å²) in [6.07, 6.45) is 0. The molecule has 0 aliphatic heterocycles. The quantitative estimate of drug-likeness (QED) is 0.831. The molecule has 100 valence electrons. The van der Waals surface area contributed by atoms with Gasteiger partial charge in [0.15, 0.2) is 0 Å². The lowest BCUT2D eigenvalue weighted by molar-refractivity contribution is 0.102. The average Bonchev–Trinajstić information content (AvgIpc) is 2.43. The smallest absolute Gasteiger partial charge is 0.257 e. The van der Waals surface area contributed by atoms with Crippen molar-refractivity contribution in [3.8, 4) is 6.07 Å². The maximum absolute atomic E-state index is 12.2. The lowest BCUT2D eigenvalue weighted by Gasteiger charge is -2.09. The van der Waals surface area contributed by atoms with E-state index in [0.717, 1.165) is 5.56 Å². The number of nitrogens with one attached hydrogen (secondary N) is 1. The zero-order valence-electron chi connectivity index (χ0n) is 10.8. The van der Waals surface area contributed by atoms with E-state index < -0.39 is 0 Å². The molecule has 2 aromatic carbocycles. The first kappa shape index (κ1) is 13.9. The van der Waals surface area contributed by atoms with E-state index in [1.165, 1.54) is 6.07 Å². The SMILES string of the molecule is Cc1ccc(N)c(C(=O)Nc2ccc(Cl)c(C#N)c2)c1. The number of carbonyl (C=O) groups is 1. The topological polar surface area (TPSA) is 78.9 Å². The first-order valence-corrected chi connectivity index (χ1v) is 6.26. The van der Waals surface area contributed by atoms with Crippen molar-refractivity contribution in [2.75, 3.05) is 11.1 Å². The van der Waals surface area contributed by atoms with Crippen LogP contribution in [0.1, 0.15) is 21.5 Å². The number of carbonyl (C=O) groups excluding carboxylic acids is 1. The number of hydrogen-bond acceptors (Lipinski definition) is 3. The lowest BCUT2D eigenvalue weighted by atomic mass is 10.1. The maximum Gasteiger partial charge on any atom is 0.257 e. The number of benzene rings is 2. The van der Waals surface area contributed by atoms with Gasteiger partial charge in [0, 0.05) is 11.4 Å². The van der Waals surface area contributed by atoms with Crippen LogP contribution in [0.2, 0.25) is 5.02 Å². The number of nitrogens with two attached hydrogens (primary N) is 1. The molecule has 0 aliphatic rings. The number of nitriles is 1. The summed E-state index contributed by atoms with van der Waals surface area (Å²) in [4.78, 5) is 12.2. The van der Waals surface area contributed by atoms with E-state index in [1.807, 2.05) is 19.1 Å². The first-order valence-electron chi connectivity index (χ1n) is 5.88. The van der Waals surface area contributed by atoms with E-state index in [4.69, 9.17) is 22.6 Å². The molecule has 0 aromatic heterocycles. The van der Waals surface area contributed by atoms with E-state index in [0.29, 0.717) is 27.5 Å². The zero-order chi connectivity index (χ0) is 14.7. The van der Waals surface area contributed by atoms with Crippen LogP contribution in [0.15, 0.2) is 36.4 Å². The Hall–Kier alpha value is -2.51. The van der Waals surface area contributed by atoms with Crippen molar-refractivity contribution in [3.63, 3.8) is 0 Å². The summed E-state index contributed by atoms with van der Waals surface area (Å²) in [5, 5.41) is 12.0. The van der Waals surface area contributed by atoms with Gasteiger partial charge in [0.1, 0.15) is 6.07 Å². The molecule has 0 unspecified atom stereocenters. The van der Waals surface area contributed by atoms with Crippen molar-refractivity contribution in [2.24, 2.45) is 0 Å². The third-order valence-electron chi connectivity index (χ3n) is 2.80. The molecule has 4 nitrogen and oxygen atoms in total. The molecule has 3 N–H and O–H groups in total. The molecule has 5 heteroatoms. The second kappa shape index (κ2) is 5.64. The third kappa shape index (κ3) is 2.90. The average molecular weight is 286 g/mol. The van der Waals surface area contributed by atoms with Crippen molar-refractivity contribution in [1.82, 2.24) is 0 Å². The maximum atomic E-state index is 12.2. The van der Waals surface area contributed by atoms with Crippen LogP contribution < -0.4 is 11.1 Å². The Kier molecular flexibility index (Phi) is 3.92. The summed E-state index contributed by atoms with van der Waals surface area (Å²) in [6, 6.07) is 11.9. The van der Waals surface area contributed by atoms with Crippen molar-refractivity contribution < 1.29 is 4.79 Å². The highest BCUT2D eigenvalue weighted by Crippen LogP contribution is 2.21. The molecular formula is C15H12ClN3O. The summed E-state index contributed by atoms with van der Waals surface area (Å²) >= 11 is 5.84. The molecule has 0 saturated heterocycles. The second-order valence-electron chi connectivity index (χ2n) is 4.35. The van der Waals surface area contributed by atoms with E-state index in [1.54, 1.807) is 24.3 Å². The fourth-order valence-electron chi connectivity index (χ4n) is 1.75. The molecule has 0 saturated carbocycles. The second-order valence-corrected chi connectivity index (χ2v) is 4.76. The van der Waals surface area contributed by atoms with Crippen LogP contribution in [0, 0.1) is 18.3 Å². The van der Waals surface area contributed by atoms with Crippen molar-refractivity contribution in [2.45, 2.75) is 6.92 Å². The van der Waals surface area contributed by atoms with Gasteiger partial charge in [0.05, 0.1) is 16.1 Å². The number of rotatable bonds is 2. The minimum Gasteiger partial charge on any atom is -0.398 e. The van der Waals surface area contributed by atoms with Crippen LogP contribution in [0.25, 0.3) is 0 Å². The van der Waals surface area contributed by atoms with Gasteiger partial charge in [-0.05, 0) is 37.3 Å². The van der Waals surface area contributed by atoms with Crippen LogP contribution in [-0.4, -0.2) is 5.91 Å². The fraction of sp³-hybridized carbons (Fsp3) is 0.0667. The number of aryl methyl sites for hydroxylation is 1. The molecule has 20 heavy (non-hydrogen) atoms. The largest absolute Gasteiger partial charge is 0.398 e. The number of nitrogens with zero attached hydrogens (tertiary/aromatic N) is 1. The molecule has 2 aromatic rings. The van der Waals surface area contributed by atoms with Gasteiger partial charge in [-0.3, -0.25) is 4.79 Å². The number of hydrogen-bond donors (Lipinski definition) is 2. The van der Waals surface area contributed by atoms with Gasteiger partial charge in [-0.15, -0.1) is 0 Å². The Morgan fingerprint density at radius 3 is 2.75 bits per heavy atom. The van der Waals surface area contributed by atoms with Crippen LogP contribution in [-0.2, 0) is 0 Å². The van der Waals surface area contributed by atoms with Crippen LogP contribution in [0.4, 0.5) is 11.4 Å². The molecule has 0 radical (unpaired) electrons. The van der Waals surface area contributed by atoms with E-state index >= 15 is 0 Å². The molecule has 0 heterocycles. The summed E-state index contributed by atoms with van der Waals surface area (Å²) < 4.78 is 0. The summed E-state index contributed by atoms with van der Waals surface area (Å²) in [5.41, 5.74) is 8.34. The van der Waals surface area contributed by atoms with Gasteiger partial charge in [0.2, 0.25) is 0 Å². The summed E-state index contributed by atoms with van der Waals surface area (Å²) in [7, 11) is 0. The Morgan fingerprint density at radius 2 is 2.05 bits per heavy atom. The zero-order valence-corrected chi connectivity index (χ0v) is 11.5. The Labute approximate surface area is 121 Å². The predicted octanol–water partition coefficient (Wildman–Crippen LogP) is 3.35. The fourth-order valence-corrected chi connectivity index (χ4v) is 1.91. The molecule has 2 rings (SSSR count). The first-order chi connectivity index (χ1) is 9.51. The predicted molar refractivity (Wildman–Crippen MR) is 79.7 cm³/mol. The van der Waals surface area contributed by atoms with Gasteiger partial charge < -0.3 is 11.1 Å². The highest BCUT2D eigenvalue weighted by atomic mass is 35.5. The molecular weight excluding hydrogens is 274 g/mol. The molecule has 0 aliphatic carbocycles. The summed E-state index contributed by atoms with van der Waals surface area (Å²) in [5.74, 6) is -0.322. The van der Waals surface area contributed by atoms with Crippen molar-refractivity contribution >= 4 is 28.9 Å². The number of nitrogen functional groups attached to an aromatic ring is 1. The van der Waals surface area contributed by atoms with Gasteiger partial charge in [-0.25, -0.2) is 0 Å². The number of amides is 1. The van der Waals surface area contributed by atoms with Gasteiger partial charge in [-0.2, -0.15) is 5.26 Å². The van der Waals surface area contributed by atoms with E-state index in [-0.39, 0.29) is 5.91 Å². The number of halogens is 1. The summed E-state index contributed by atoms with van der Waals surface area (Å²) in [6.45, 7) is 1.88. The van der Waals surface area contributed by atoms with Crippen LogP contribution in [0.5, 0.6) is 0 Å². The Morgan fingerprint density at radius 1 is 1.30 bits per heavy atom. The minimum atomic E-state index is -0.322. The monoisotopic (exact) mass is 285 g/mol.